The third-order valence-corrected chi connectivity index (χ3v) is 4.57. The minimum atomic E-state index is 0.202. The fraction of sp³-hybridized carbons (Fsp3) is 0.783. The van der Waals surface area contributed by atoms with Gasteiger partial charge in [-0.25, -0.2) is 0 Å². The van der Waals surface area contributed by atoms with Gasteiger partial charge in [0, 0.05) is 18.9 Å². The molecule has 0 heterocycles. The predicted molar refractivity (Wildman–Crippen MR) is 111 cm³/mol. The molecule has 0 bridgehead atoms. The second-order valence-electron chi connectivity index (χ2n) is 7.21. The lowest BCUT2D eigenvalue weighted by Gasteiger charge is -2.10. The van der Waals surface area contributed by atoms with Crippen molar-refractivity contribution in [2.75, 3.05) is 0 Å². The molecule has 0 saturated heterocycles. The summed E-state index contributed by atoms with van der Waals surface area (Å²) in [7, 11) is 0. The highest BCUT2D eigenvalue weighted by Gasteiger charge is 2.04. The quantitative estimate of drug-likeness (QED) is 0.264. The van der Waals surface area contributed by atoms with Gasteiger partial charge in [-0.05, 0) is 44.6 Å². The van der Waals surface area contributed by atoms with Crippen molar-refractivity contribution < 1.29 is 4.79 Å². The van der Waals surface area contributed by atoms with E-state index in [1.165, 1.54) is 51.4 Å². The molecule has 1 unspecified atom stereocenters. The Morgan fingerprint density at radius 2 is 1.52 bits per heavy atom. The first kappa shape index (κ1) is 23.8. The van der Waals surface area contributed by atoms with Gasteiger partial charge in [-0.15, -0.1) is 0 Å². The van der Waals surface area contributed by atoms with Crippen LogP contribution in [0.25, 0.3) is 0 Å². The Labute approximate surface area is 157 Å². The molecule has 0 aliphatic carbocycles. The lowest BCUT2D eigenvalue weighted by molar-refractivity contribution is -0.121. The van der Waals surface area contributed by atoms with E-state index in [2.05, 4.69) is 44.5 Å². The van der Waals surface area contributed by atoms with E-state index in [4.69, 9.17) is 0 Å². The highest BCUT2D eigenvalue weighted by Crippen LogP contribution is 2.11. The largest absolute Gasteiger partial charge is 0.354 e. The van der Waals surface area contributed by atoms with E-state index in [9.17, 15) is 4.79 Å². The van der Waals surface area contributed by atoms with Crippen LogP contribution >= 0.6 is 0 Å². The summed E-state index contributed by atoms with van der Waals surface area (Å²) in [5.41, 5.74) is 1.08. The molecule has 0 aliphatic rings. The Morgan fingerprint density at radius 3 is 2.20 bits per heavy atom. The van der Waals surface area contributed by atoms with Gasteiger partial charge in [-0.3, -0.25) is 4.79 Å². The fourth-order valence-corrected chi connectivity index (χ4v) is 2.67. The molecule has 0 aromatic carbocycles. The second-order valence-corrected chi connectivity index (χ2v) is 7.21. The molecule has 0 saturated carbocycles. The van der Waals surface area contributed by atoms with Crippen molar-refractivity contribution in [3.63, 3.8) is 0 Å². The first-order valence-corrected chi connectivity index (χ1v) is 10.6. The summed E-state index contributed by atoms with van der Waals surface area (Å²) in [4.78, 5) is 11.7. The molecule has 1 amide bonds. The van der Waals surface area contributed by atoms with Gasteiger partial charge in [0.15, 0.2) is 0 Å². The third kappa shape index (κ3) is 17.4. The average molecular weight is 348 g/mol. The van der Waals surface area contributed by atoms with E-state index in [1.807, 2.05) is 0 Å². The molecule has 2 heteroatoms. The standard InChI is InChI=1S/C23H41NO/c1-5-7-8-9-10-12-15-18-21(3)19-16-13-11-14-17-20-23(25)24-22(4)6-2/h22H,3,5-14,16-17,19-20H2,1-2,4H3,(H,24,25). The minimum Gasteiger partial charge on any atom is -0.354 e. The minimum absolute atomic E-state index is 0.202. The van der Waals surface area contributed by atoms with Crippen LogP contribution < -0.4 is 5.32 Å². The number of rotatable bonds is 15. The van der Waals surface area contributed by atoms with Crippen molar-refractivity contribution in [2.24, 2.45) is 0 Å². The first-order valence-electron chi connectivity index (χ1n) is 10.6. The van der Waals surface area contributed by atoms with E-state index < -0.39 is 0 Å². The fourth-order valence-electron chi connectivity index (χ4n) is 2.67. The Kier molecular flexibility index (Phi) is 16.7. The van der Waals surface area contributed by atoms with Crippen molar-refractivity contribution in [2.45, 2.75) is 117 Å². The van der Waals surface area contributed by atoms with Gasteiger partial charge in [-0.1, -0.05) is 77.2 Å². The smallest absolute Gasteiger partial charge is 0.220 e. The Balaban J connectivity index is 3.44. The Hall–Kier alpha value is -1.23. The average Bonchev–Trinajstić information content (AvgIpc) is 2.59. The van der Waals surface area contributed by atoms with Crippen LogP contribution in [0.5, 0.6) is 0 Å². The summed E-state index contributed by atoms with van der Waals surface area (Å²) >= 11 is 0. The molecule has 1 atom stereocenters. The zero-order valence-electron chi connectivity index (χ0n) is 17.1. The number of hydrogen-bond donors (Lipinski definition) is 1. The molecule has 144 valence electrons. The van der Waals surface area contributed by atoms with Crippen molar-refractivity contribution in [3.05, 3.63) is 12.2 Å². The maximum absolute atomic E-state index is 11.7. The zero-order valence-corrected chi connectivity index (χ0v) is 17.1. The molecule has 2 nitrogen and oxygen atoms in total. The van der Waals surface area contributed by atoms with Crippen molar-refractivity contribution in [3.8, 4) is 11.8 Å². The van der Waals surface area contributed by atoms with Crippen LogP contribution in [0.15, 0.2) is 12.2 Å². The van der Waals surface area contributed by atoms with Crippen molar-refractivity contribution in [1.82, 2.24) is 5.32 Å². The van der Waals surface area contributed by atoms with Gasteiger partial charge in [0.25, 0.3) is 0 Å². The maximum atomic E-state index is 11.7. The van der Waals surface area contributed by atoms with E-state index in [0.717, 1.165) is 37.7 Å². The highest BCUT2D eigenvalue weighted by atomic mass is 16.1. The van der Waals surface area contributed by atoms with Crippen LogP contribution in [0, 0.1) is 11.8 Å². The summed E-state index contributed by atoms with van der Waals surface area (Å²) in [6.45, 7) is 10.5. The number of allylic oxidation sites excluding steroid dienone is 1. The zero-order chi connectivity index (χ0) is 18.8. The molecule has 0 aromatic rings. The molecule has 0 aliphatic heterocycles. The van der Waals surface area contributed by atoms with Gasteiger partial charge in [-0.2, -0.15) is 0 Å². The van der Waals surface area contributed by atoms with Crippen molar-refractivity contribution >= 4 is 5.91 Å². The molecule has 25 heavy (non-hydrogen) atoms. The number of nitrogens with one attached hydrogen (secondary N) is 1. The van der Waals surface area contributed by atoms with Crippen LogP contribution in [0.2, 0.25) is 0 Å². The second kappa shape index (κ2) is 17.6. The third-order valence-electron chi connectivity index (χ3n) is 4.57. The first-order chi connectivity index (χ1) is 12.1. The summed E-state index contributed by atoms with van der Waals surface area (Å²) in [5, 5.41) is 3.02. The normalized spacial score (nSPS) is 11.5. The van der Waals surface area contributed by atoms with Gasteiger partial charge < -0.3 is 5.32 Å². The van der Waals surface area contributed by atoms with E-state index in [1.54, 1.807) is 0 Å². The molecule has 0 radical (unpaired) electrons. The molecule has 0 spiro atoms. The topological polar surface area (TPSA) is 29.1 Å². The summed E-state index contributed by atoms with van der Waals surface area (Å²) < 4.78 is 0. The van der Waals surface area contributed by atoms with E-state index in [0.29, 0.717) is 12.5 Å². The van der Waals surface area contributed by atoms with E-state index in [-0.39, 0.29) is 5.91 Å². The van der Waals surface area contributed by atoms with Crippen LogP contribution in [0.4, 0.5) is 0 Å². The van der Waals surface area contributed by atoms with Crippen LogP contribution in [-0.2, 0) is 4.79 Å². The number of carbonyl (C=O) groups is 1. The molecule has 1 N–H and O–H groups in total. The van der Waals surface area contributed by atoms with Gasteiger partial charge in [0.05, 0.1) is 0 Å². The number of hydrogen-bond acceptors (Lipinski definition) is 1. The SMILES string of the molecule is C=C(C#CCCCCCCC)CCCCCCCC(=O)NC(C)CC. The van der Waals surface area contributed by atoms with E-state index >= 15 is 0 Å². The number of unbranched alkanes of at least 4 members (excludes halogenated alkanes) is 9. The molecule has 0 fully saturated rings. The monoisotopic (exact) mass is 347 g/mol. The molecule has 0 aromatic heterocycles. The van der Waals surface area contributed by atoms with Crippen LogP contribution in [-0.4, -0.2) is 11.9 Å². The molecule has 0 rings (SSSR count). The van der Waals surface area contributed by atoms with Gasteiger partial charge in [0.2, 0.25) is 5.91 Å². The maximum Gasteiger partial charge on any atom is 0.220 e. The highest BCUT2D eigenvalue weighted by molar-refractivity contribution is 5.76. The van der Waals surface area contributed by atoms with Crippen LogP contribution in [0.3, 0.4) is 0 Å². The summed E-state index contributed by atoms with van der Waals surface area (Å²) in [6, 6.07) is 0.302. The molecular weight excluding hydrogens is 306 g/mol. The Bertz CT molecular complexity index is 402. The number of amides is 1. The van der Waals surface area contributed by atoms with Crippen molar-refractivity contribution in [1.29, 1.82) is 0 Å². The lowest BCUT2D eigenvalue weighted by Crippen LogP contribution is -2.31. The summed E-state index contributed by atoms with van der Waals surface area (Å²) in [5.74, 6) is 6.68. The summed E-state index contributed by atoms with van der Waals surface area (Å²) in [6.07, 6.45) is 16.0. The molecular formula is C23H41NO. The lowest BCUT2D eigenvalue weighted by atomic mass is 10.1. The van der Waals surface area contributed by atoms with Gasteiger partial charge in [0.1, 0.15) is 0 Å². The predicted octanol–water partition coefficient (Wildman–Crippen LogP) is 6.55. The van der Waals surface area contributed by atoms with Gasteiger partial charge >= 0.3 is 0 Å². The van der Waals surface area contributed by atoms with Crippen LogP contribution in [0.1, 0.15) is 111 Å². The Morgan fingerprint density at radius 1 is 0.920 bits per heavy atom. The number of carbonyl (C=O) groups excluding carboxylic acids is 1.